The van der Waals surface area contributed by atoms with Crippen molar-refractivity contribution in [1.29, 1.82) is 0 Å². The van der Waals surface area contributed by atoms with Crippen molar-refractivity contribution in [3.8, 4) is 0 Å². The van der Waals surface area contributed by atoms with E-state index in [2.05, 4.69) is 44.1 Å². The van der Waals surface area contributed by atoms with Gasteiger partial charge in [-0.25, -0.2) is 9.69 Å². The summed E-state index contributed by atoms with van der Waals surface area (Å²) in [6, 6.07) is 7.70. The molecule has 4 rings (SSSR count). The van der Waals surface area contributed by atoms with Crippen molar-refractivity contribution in [2.75, 3.05) is 16.8 Å². The molecule has 2 aromatic rings. The van der Waals surface area contributed by atoms with Crippen molar-refractivity contribution in [3.05, 3.63) is 62.6 Å². The Labute approximate surface area is 203 Å². The molecule has 0 aromatic heterocycles. The minimum absolute atomic E-state index is 0.0246. The zero-order valence-electron chi connectivity index (χ0n) is 19.1. The second kappa shape index (κ2) is 8.19. The van der Waals surface area contributed by atoms with Crippen LogP contribution < -0.4 is 15.1 Å². The van der Waals surface area contributed by atoms with E-state index in [1.165, 1.54) is 18.2 Å². The Balaban J connectivity index is 1.78. The third-order valence-corrected chi connectivity index (χ3v) is 7.11. The lowest BCUT2D eigenvalue weighted by atomic mass is 9.79. The summed E-state index contributed by atoms with van der Waals surface area (Å²) >= 11 is 12.2. The van der Waals surface area contributed by atoms with Crippen LogP contribution in [0.2, 0.25) is 10.0 Å². The van der Waals surface area contributed by atoms with Crippen LogP contribution >= 0.6 is 23.2 Å². The van der Waals surface area contributed by atoms with E-state index in [0.29, 0.717) is 10.9 Å². The number of rotatable bonds is 2. The van der Waals surface area contributed by atoms with Crippen LogP contribution in [0, 0.1) is 6.92 Å². The highest BCUT2D eigenvalue weighted by molar-refractivity contribution is 6.42. The summed E-state index contributed by atoms with van der Waals surface area (Å²) in [6.07, 6.45) is 2.52. The zero-order valence-corrected chi connectivity index (χ0v) is 20.6. The lowest BCUT2D eigenvalue weighted by molar-refractivity contribution is -0.122. The van der Waals surface area contributed by atoms with Crippen molar-refractivity contribution in [2.45, 2.75) is 45.6 Å². The molecule has 2 aliphatic heterocycles. The van der Waals surface area contributed by atoms with Gasteiger partial charge in [0.1, 0.15) is 5.57 Å². The lowest BCUT2D eigenvalue weighted by Gasteiger charge is -2.45. The van der Waals surface area contributed by atoms with Crippen molar-refractivity contribution >= 4 is 58.5 Å². The van der Waals surface area contributed by atoms with Crippen LogP contribution in [0.4, 0.5) is 16.2 Å². The maximum Gasteiger partial charge on any atom is 0.335 e. The van der Waals surface area contributed by atoms with Crippen LogP contribution in [-0.2, 0) is 9.59 Å². The fraction of sp³-hybridized carbons (Fsp3) is 0.320. The van der Waals surface area contributed by atoms with Crippen molar-refractivity contribution < 1.29 is 14.4 Å². The number of urea groups is 1. The highest BCUT2D eigenvalue weighted by Gasteiger charge is 2.38. The number of amides is 4. The van der Waals surface area contributed by atoms with Gasteiger partial charge < -0.3 is 4.90 Å². The number of carbonyl (C=O) groups excluding carboxylic acids is 3. The number of imide groups is 2. The minimum Gasteiger partial charge on any atom is -0.369 e. The van der Waals surface area contributed by atoms with Crippen LogP contribution in [0.25, 0.3) is 6.08 Å². The first-order chi connectivity index (χ1) is 15.4. The quantitative estimate of drug-likeness (QED) is 0.438. The van der Waals surface area contributed by atoms with E-state index >= 15 is 0 Å². The molecule has 2 aromatic carbocycles. The Morgan fingerprint density at radius 2 is 1.79 bits per heavy atom. The highest BCUT2D eigenvalue weighted by Crippen LogP contribution is 2.43. The van der Waals surface area contributed by atoms with Gasteiger partial charge in [0.15, 0.2) is 0 Å². The number of nitrogens with zero attached hydrogens (tertiary/aromatic N) is 2. The number of barbiturate groups is 1. The molecule has 1 atom stereocenters. The average Bonchev–Trinajstić information content (AvgIpc) is 2.71. The zero-order chi connectivity index (χ0) is 24.2. The third-order valence-electron chi connectivity index (χ3n) is 6.57. The van der Waals surface area contributed by atoms with Crippen LogP contribution in [0.5, 0.6) is 0 Å². The van der Waals surface area contributed by atoms with Crippen LogP contribution in [0.3, 0.4) is 0 Å². The van der Waals surface area contributed by atoms with Gasteiger partial charge >= 0.3 is 6.03 Å². The Morgan fingerprint density at radius 1 is 1.09 bits per heavy atom. The SMILES string of the molecule is Cc1cc2c(cc1/C=C1/C(=O)NC(=O)N(c3ccc(Cl)cc3Cl)C1=O)C(C)CC(C)(C)N2C. The number of hydrogen-bond donors (Lipinski definition) is 1. The maximum atomic E-state index is 13.3. The van der Waals surface area contributed by atoms with Gasteiger partial charge in [0, 0.05) is 23.3 Å². The monoisotopic (exact) mass is 485 g/mol. The van der Waals surface area contributed by atoms with Gasteiger partial charge in [0.05, 0.1) is 10.7 Å². The first kappa shape index (κ1) is 23.3. The molecule has 0 radical (unpaired) electrons. The van der Waals surface area contributed by atoms with Gasteiger partial charge in [-0.05, 0) is 86.2 Å². The van der Waals surface area contributed by atoms with Crippen molar-refractivity contribution in [3.63, 3.8) is 0 Å². The minimum atomic E-state index is -0.856. The molecule has 6 nitrogen and oxygen atoms in total. The second-order valence-corrected chi connectivity index (χ2v) is 10.1. The third kappa shape index (κ3) is 4.02. The van der Waals surface area contributed by atoms with Gasteiger partial charge in [-0.1, -0.05) is 30.1 Å². The molecule has 33 heavy (non-hydrogen) atoms. The van der Waals surface area contributed by atoms with E-state index in [-0.39, 0.29) is 21.8 Å². The number of carbonyl (C=O) groups is 3. The number of fused-ring (bicyclic) bond motifs is 1. The summed E-state index contributed by atoms with van der Waals surface area (Å²) in [5.41, 5.74) is 4.02. The number of nitrogens with one attached hydrogen (secondary N) is 1. The van der Waals surface area contributed by atoms with Crippen LogP contribution in [0.15, 0.2) is 35.9 Å². The first-order valence-electron chi connectivity index (χ1n) is 10.7. The molecule has 0 spiro atoms. The van der Waals surface area contributed by atoms with Gasteiger partial charge in [-0.3, -0.25) is 14.9 Å². The Bertz CT molecular complexity index is 1240. The Morgan fingerprint density at radius 3 is 2.45 bits per heavy atom. The number of hydrogen-bond acceptors (Lipinski definition) is 4. The molecule has 172 valence electrons. The van der Waals surface area contributed by atoms with Crippen molar-refractivity contribution in [2.24, 2.45) is 0 Å². The molecule has 0 bridgehead atoms. The second-order valence-electron chi connectivity index (χ2n) is 9.30. The molecular formula is C25H25Cl2N3O3. The fourth-order valence-corrected chi connectivity index (χ4v) is 5.08. The molecular weight excluding hydrogens is 461 g/mol. The molecule has 1 saturated heterocycles. The standard InChI is InChI=1S/C25H25Cl2N3O3/c1-13-8-21-17(14(2)12-25(3,4)29(21)5)9-15(13)10-18-22(31)28-24(33)30(23(18)32)20-7-6-16(26)11-19(20)27/h6-11,14H,12H2,1-5H3,(H,28,31,33)/b18-10-. The smallest absolute Gasteiger partial charge is 0.335 e. The van der Waals surface area contributed by atoms with E-state index in [1.54, 1.807) is 6.08 Å². The molecule has 4 amide bonds. The summed E-state index contributed by atoms with van der Waals surface area (Å²) in [5, 5.41) is 2.73. The molecule has 0 saturated carbocycles. The maximum absolute atomic E-state index is 13.3. The Hall–Kier alpha value is -2.83. The average molecular weight is 486 g/mol. The summed E-state index contributed by atoms with van der Waals surface area (Å²) in [6.45, 7) is 8.56. The topological polar surface area (TPSA) is 69.7 Å². The summed E-state index contributed by atoms with van der Waals surface area (Å²) in [5.74, 6) is -1.17. The highest BCUT2D eigenvalue weighted by atomic mass is 35.5. The van der Waals surface area contributed by atoms with Crippen molar-refractivity contribution in [1.82, 2.24) is 5.32 Å². The summed E-state index contributed by atoms with van der Waals surface area (Å²) in [4.78, 5) is 41.5. The number of benzene rings is 2. The van der Waals surface area contributed by atoms with E-state index < -0.39 is 17.8 Å². The number of anilines is 2. The first-order valence-corrected chi connectivity index (χ1v) is 11.4. The molecule has 0 aliphatic carbocycles. The van der Waals surface area contributed by atoms with Gasteiger partial charge in [-0.15, -0.1) is 0 Å². The molecule has 2 aliphatic rings. The van der Waals surface area contributed by atoms with Crippen LogP contribution in [-0.4, -0.2) is 30.4 Å². The largest absolute Gasteiger partial charge is 0.369 e. The lowest BCUT2D eigenvalue weighted by Crippen LogP contribution is -2.54. The van der Waals surface area contributed by atoms with Gasteiger partial charge in [-0.2, -0.15) is 0 Å². The normalized spacial score (nSPS) is 21.4. The number of aryl methyl sites for hydroxylation is 1. The summed E-state index contributed by atoms with van der Waals surface area (Å²) < 4.78 is 0. The predicted molar refractivity (Wildman–Crippen MR) is 132 cm³/mol. The van der Waals surface area contributed by atoms with E-state index in [4.69, 9.17) is 23.2 Å². The van der Waals surface area contributed by atoms with Gasteiger partial charge in [0.2, 0.25) is 0 Å². The molecule has 8 heteroatoms. The molecule has 2 heterocycles. The Kier molecular flexibility index (Phi) is 5.79. The van der Waals surface area contributed by atoms with Crippen LogP contribution in [0.1, 0.15) is 49.8 Å². The molecule has 1 fully saturated rings. The predicted octanol–water partition coefficient (Wildman–Crippen LogP) is 5.69. The van der Waals surface area contributed by atoms with E-state index in [0.717, 1.165) is 33.7 Å². The molecule has 1 unspecified atom stereocenters. The number of halogens is 2. The van der Waals surface area contributed by atoms with E-state index in [1.807, 2.05) is 13.0 Å². The van der Waals surface area contributed by atoms with Gasteiger partial charge in [0.25, 0.3) is 11.8 Å². The fourth-order valence-electron chi connectivity index (χ4n) is 4.58. The van der Waals surface area contributed by atoms with E-state index in [9.17, 15) is 14.4 Å². The summed E-state index contributed by atoms with van der Waals surface area (Å²) in [7, 11) is 2.08. The molecule has 1 N–H and O–H groups in total.